The maximum Gasteiger partial charge on any atom is 0.240 e. The van der Waals surface area contributed by atoms with Gasteiger partial charge in [0.05, 0.1) is 16.3 Å². The normalized spacial score (nSPS) is 13.0. The van der Waals surface area contributed by atoms with Crippen LogP contribution in [0, 0.1) is 0 Å². The number of carbonyl (C=O) groups is 1. The summed E-state index contributed by atoms with van der Waals surface area (Å²) < 4.78 is 40.2. The predicted octanol–water partition coefficient (Wildman–Crippen LogP) is 3.12. The Kier molecular flexibility index (Phi) is 7.26. The fourth-order valence-electron chi connectivity index (χ4n) is 3.47. The van der Waals surface area contributed by atoms with Crippen LogP contribution in [0.15, 0.2) is 65.8 Å². The van der Waals surface area contributed by atoms with Gasteiger partial charge in [-0.15, -0.1) is 0 Å². The summed E-state index contributed by atoms with van der Waals surface area (Å²) in [5.41, 5.74) is 1.49. The molecule has 2 N–H and O–H groups in total. The molecule has 0 saturated carbocycles. The number of unbranched alkanes of at least 4 members (excludes halogenated alkanes) is 2. The zero-order valence-electron chi connectivity index (χ0n) is 18.1. The molecule has 2 aromatic carbocycles. The third kappa shape index (κ3) is 5.91. The monoisotopic (exact) mass is 470 g/mol. The number of nitrogens with one attached hydrogen (secondary N) is 2. The number of fused-ring (bicyclic) bond motifs is 1. The zero-order chi connectivity index (χ0) is 23.1. The van der Waals surface area contributed by atoms with E-state index in [1.54, 1.807) is 16.9 Å². The Labute approximate surface area is 192 Å². The largest absolute Gasteiger partial charge is 0.486 e. The number of anilines is 1. The van der Waals surface area contributed by atoms with Crippen molar-refractivity contribution in [1.82, 2.24) is 14.5 Å². The number of benzene rings is 2. The Morgan fingerprint density at radius 2 is 1.82 bits per heavy atom. The molecule has 2 heterocycles. The summed E-state index contributed by atoms with van der Waals surface area (Å²) in [7, 11) is -3.64. The van der Waals surface area contributed by atoms with E-state index in [0.717, 1.165) is 12.1 Å². The third-order valence-corrected chi connectivity index (χ3v) is 6.58. The van der Waals surface area contributed by atoms with Crippen molar-refractivity contribution < 1.29 is 22.7 Å². The average Bonchev–Trinajstić information content (AvgIpc) is 3.36. The molecule has 1 aromatic heterocycles. The van der Waals surface area contributed by atoms with E-state index in [1.165, 1.54) is 12.1 Å². The van der Waals surface area contributed by atoms with Crippen LogP contribution >= 0.6 is 0 Å². The zero-order valence-corrected chi connectivity index (χ0v) is 18.9. The summed E-state index contributed by atoms with van der Waals surface area (Å²) in [5, 5.41) is 7.14. The number of nitrogens with zero attached hydrogens (tertiary/aromatic N) is 2. The lowest BCUT2D eigenvalue weighted by atomic mass is 10.2. The summed E-state index contributed by atoms with van der Waals surface area (Å²) in [4.78, 5) is 12.5. The van der Waals surface area contributed by atoms with Crippen molar-refractivity contribution in [2.75, 3.05) is 25.1 Å². The quantitative estimate of drug-likeness (QED) is 0.441. The number of rotatable bonds is 10. The molecule has 0 unspecified atom stereocenters. The van der Waals surface area contributed by atoms with Crippen LogP contribution in [0.25, 0.3) is 5.69 Å². The molecule has 0 atom stereocenters. The lowest BCUT2D eigenvalue weighted by Gasteiger charge is -2.18. The molecule has 33 heavy (non-hydrogen) atoms. The third-order valence-electron chi connectivity index (χ3n) is 5.13. The van der Waals surface area contributed by atoms with Crippen molar-refractivity contribution in [3.8, 4) is 17.2 Å². The molecule has 4 rings (SSSR count). The van der Waals surface area contributed by atoms with Gasteiger partial charge in [0, 0.05) is 31.4 Å². The molecule has 3 aromatic rings. The van der Waals surface area contributed by atoms with E-state index in [-0.39, 0.29) is 10.8 Å². The fraction of sp³-hybridized carbons (Fsp3) is 0.304. The van der Waals surface area contributed by atoms with Crippen LogP contribution in [0.2, 0.25) is 0 Å². The molecule has 0 bridgehead atoms. The average molecular weight is 471 g/mol. The summed E-state index contributed by atoms with van der Waals surface area (Å²) in [6, 6.07) is 13.9. The highest BCUT2D eigenvalue weighted by molar-refractivity contribution is 7.89. The minimum absolute atomic E-state index is 0.0912. The highest BCUT2D eigenvalue weighted by atomic mass is 32.2. The Balaban J connectivity index is 1.19. The smallest absolute Gasteiger partial charge is 0.240 e. The topological polar surface area (TPSA) is 112 Å². The number of hydrogen-bond donors (Lipinski definition) is 2. The van der Waals surface area contributed by atoms with Crippen LogP contribution in [0.1, 0.15) is 25.7 Å². The molecule has 0 spiro atoms. The van der Waals surface area contributed by atoms with Gasteiger partial charge in [-0.2, -0.15) is 5.10 Å². The maximum absolute atomic E-state index is 12.5. The van der Waals surface area contributed by atoms with Crippen molar-refractivity contribution >= 4 is 21.6 Å². The van der Waals surface area contributed by atoms with Gasteiger partial charge in [-0.05, 0) is 43.2 Å². The van der Waals surface area contributed by atoms with Gasteiger partial charge in [0.25, 0.3) is 0 Å². The van der Waals surface area contributed by atoms with E-state index >= 15 is 0 Å². The number of para-hydroxylation sites is 2. The van der Waals surface area contributed by atoms with Crippen LogP contribution in [-0.2, 0) is 14.8 Å². The standard InChI is InChI=1S/C23H26N4O5S/c28-23(26-19-7-3-4-8-20(19)27-14-6-12-24-27)9-2-1-5-13-25-33(29,30)18-10-11-21-22(17-18)32-16-15-31-21/h3-4,6-8,10-12,14,17,25H,1-2,5,9,13,15-16H2,(H,26,28). The first-order valence-corrected chi connectivity index (χ1v) is 12.3. The van der Waals surface area contributed by atoms with Gasteiger partial charge >= 0.3 is 0 Å². The van der Waals surface area contributed by atoms with Crippen molar-refractivity contribution in [3.05, 3.63) is 60.9 Å². The van der Waals surface area contributed by atoms with E-state index in [9.17, 15) is 13.2 Å². The molecular weight excluding hydrogens is 444 g/mol. The summed E-state index contributed by atoms with van der Waals surface area (Å²) in [6.07, 6.45) is 5.85. The van der Waals surface area contributed by atoms with Crippen LogP contribution in [0.3, 0.4) is 0 Å². The molecule has 10 heteroatoms. The van der Waals surface area contributed by atoms with Crippen LogP contribution < -0.4 is 19.5 Å². The van der Waals surface area contributed by atoms with Crippen LogP contribution in [0.5, 0.6) is 11.5 Å². The first kappa shape index (κ1) is 22.8. The Hall–Kier alpha value is -3.37. The SMILES string of the molecule is O=C(CCCCCNS(=O)(=O)c1ccc2c(c1)OCCO2)Nc1ccccc1-n1cccn1. The minimum atomic E-state index is -3.64. The van der Waals surface area contributed by atoms with Gasteiger partial charge < -0.3 is 14.8 Å². The first-order chi connectivity index (χ1) is 16.0. The second kappa shape index (κ2) is 10.5. The number of sulfonamides is 1. The molecule has 1 aliphatic rings. The Bertz CT molecular complexity index is 1200. The summed E-state index contributed by atoms with van der Waals surface area (Å²) in [6.45, 7) is 1.14. The van der Waals surface area contributed by atoms with Gasteiger partial charge in [-0.25, -0.2) is 17.8 Å². The van der Waals surface area contributed by atoms with Gasteiger partial charge in [-0.1, -0.05) is 18.6 Å². The minimum Gasteiger partial charge on any atom is -0.486 e. The lowest BCUT2D eigenvalue weighted by Crippen LogP contribution is -2.25. The predicted molar refractivity (Wildman–Crippen MR) is 123 cm³/mol. The van der Waals surface area contributed by atoms with E-state index in [0.29, 0.717) is 56.2 Å². The highest BCUT2D eigenvalue weighted by Gasteiger charge is 2.19. The highest BCUT2D eigenvalue weighted by Crippen LogP contribution is 2.32. The molecular formula is C23H26N4O5S. The number of aromatic nitrogens is 2. The van der Waals surface area contributed by atoms with Gasteiger partial charge in [0.15, 0.2) is 11.5 Å². The molecule has 9 nitrogen and oxygen atoms in total. The Morgan fingerprint density at radius 3 is 2.64 bits per heavy atom. The van der Waals surface area contributed by atoms with Gasteiger partial charge in [-0.3, -0.25) is 4.79 Å². The van der Waals surface area contributed by atoms with E-state index in [2.05, 4.69) is 15.1 Å². The van der Waals surface area contributed by atoms with Crippen molar-refractivity contribution in [2.24, 2.45) is 0 Å². The second-order valence-electron chi connectivity index (χ2n) is 7.53. The molecule has 1 aliphatic heterocycles. The van der Waals surface area contributed by atoms with Crippen molar-refractivity contribution in [3.63, 3.8) is 0 Å². The first-order valence-electron chi connectivity index (χ1n) is 10.8. The lowest BCUT2D eigenvalue weighted by molar-refractivity contribution is -0.116. The molecule has 174 valence electrons. The number of ether oxygens (including phenoxy) is 2. The molecule has 0 radical (unpaired) electrons. The second-order valence-corrected chi connectivity index (χ2v) is 9.30. The molecule has 0 aliphatic carbocycles. The number of amides is 1. The number of hydrogen-bond acceptors (Lipinski definition) is 6. The summed E-state index contributed by atoms with van der Waals surface area (Å²) in [5.74, 6) is 0.890. The Morgan fingerprint density at radius 1 is 1.00 bits per heavy atom. The van der Waals surface area contributed by atoms with E-state index in [4.69, 9.17) is 9.47 Å². The van der Waals surface area contributed by atoms with E-state index in [1.807, 2.05) is 36.5 Å². The van der Waals surface area contributed by atoms with Gasteiger partial charge in [0.1, 0.15) is 13.2 Å². The molecule has 1 amide bonds. The summed E-state index contributed by atoms with van der Waals surface area (Å²) >= 11 is 0. The van der Waals surface area contributed by atoms with Crippen LogP contribution in [-0.4, -0.2) is 43.9 Å². The maximum atomic E-state index is 12.5. The van der Waals surface area contributed by atoms with E-state index < -0.39 is 10.0 Å². The fourth-order valence-corrected chi connectivity index (χ4v) is 4.56. The van der Waals surface area contributed by atoms with Crippen LogP contribution in [0.4, 0.5) is 5.69 Å². The molecule has 0 fully saturated rings. The van der Waals surface area contributed by atoms with Gasteiger partial charge in [0.2, 0.25) is 15.9 Å². The van der Waals surface area contributed by atoms with Crippen molar-refractivity contribution in [1.29, 1.82) is 0 Å². The van der Waals surface area contributed by atoms with Crippen molar-refractivity contribution in [2.45, 2.75) is 30.6 Å². The molecule has 0 saturated heterocycles. The number of carbonyl (C=O) groups excluding carboxylic acids is 1.